The molecule has 0 aromatic heterocycles. The molecule has 2 N–H and O–H groups in total. The number of phenolic OH excluding ortho intramolecular Hbond substituents is 1. The Morgan fingerprint density at radius 2 is 1.82 bits per heavy atom. The Labute approximate surface area is 202 Å². The Morgan fingerprint density at radius 3 is 2.53 bits per heavy atom. The molecule has 0 amide bonds. The summed E-state index contributed by atoms with van der Waals surface area (Å²) in [5, 5.41) is 21.0. The number of hydrogen-bond acceptors (Lipinski definition) is 5. The Kier molecular flexibility index (Phi) is 9.30. The number of aliphatic hydroxyl groups is 1. The number of hydrogen-bond donors (Lipinski definition) is 2. The van der Waals surface area contributed by atoms with Crippen LogP contribution in [0.4, 0.5) is 0 Å². The van der Waals surface area contributed by atoms with Crippen LogP contribution in [0.5, 0.6) is 11.5 Å². The van der Waals surface area contributed by atoms with Crippen molar-refractivity contribution in [2.45, 2.75) is 70.3 Å². The zero-order valence-corrected chi connectivity index (χ0v) is 20.0. The highest BCUT2D eigenvalue weighted by Gasteiger charge is 2.30. The summed E-state index contributed by atoms with van der Waals surface area (Å²) in [5.74, 6) is 5.14. The topological polar surface area (TPSA) is 83.8 Å². The predicted octanol–water partition coefficient (Wildman–Crippen LogP) is 4.96. The van der Waals surface area contributed by atoms with Gasteiger partial charge in [0.1, 0.15) is 0 Å². The van der Waals surface area contributed by atoms with Gasteiger partial charge in [0, 0.05) is 18.8 Å². The van der Waals surface area contributed by atoms with Gasteiger partial charge in [0.05, 0.1) is 13.0 Å². The molecule has 34 heavy (non-hydrogen) atoms. The molecule has 2 aromatic rings. The fourth-order valence-electron chi connectivity index (χ4n) is 4.48. The first kappa shape index (κ1) is 25.5. The van der Waals surface area contributed by atoms with E-state index in [9.17, 15) is 19.8 Å². The number of carbonyl (C=O) groups excluding carboxylic acids is 2. The summed E-state index contributed by atoms with van der Waals surface area (Å²) in [6.07, 6.45) is 3.67. The van der Waals surface area contributed by atoms with Gasteiger partial charge in [-0.2, -0.15) is 0 Å². The van der Waals surface area contributed by atoms with Gasteiger partial charge in [0.25, 0.3) is 0 Å². The molecule has 1 aliphatic rings. The lowest BCUT2D eigenvalue weighted by atomic mass is 9.83. The lowest BCUT2D eigenvalue weighted by molar-refractivity contribution is -0.141. The van der Waals surface area contributed by atoms with Gasteiger partial charge in [0.15, 0.2) is 29.2 Å². The molecule has 5 nitrogen and oxygen atoms in total. The van der Waals surface area contributed by atoms with E-state index in [0.717, 1.165) is 42.4 Å². The maximum atomic E-state index is 13.0. The van der Waals surface area contributed by atoms with Crippen molar-refractivity contribution in [1.29, 1.82) is 0 Å². The molecule has 0 radical (unpaired) electrons. The number of methoxy groups -OCH3 is 1. The normalized spacial score (nSPS) is 21.0. The van der Waals surface area contributed by atoms with Crippen LogP contribution in [0, 0.1) is 17.8 Å². The molecule has 3 atom stereocenters. The second-order valence-corrected chi connectivity index (χ2v) is 8.91. The fraction of sp³-hybridized carbons (Fsp3) is 0.448. The minimum Gasteiger partial charge on any atom is -0.504 e. The number of ketones is 2. The Morgan fingerprint density at radius 1 is 1.06 bits per heavy atom. The van der Waals surface area contributed by atoms with E-state index >= 15 is 0 Å². The molecule has 0 heterocycles. The first-order valence-corrected chi connectivity index (χ1v) is 12.1. The number of rotatable bonds is 7. The van der Waals surface area contributed by atoms with E-state index in [1.807, 2.05) is 30.3 Å². The average Bonchev–Trinajstić information content (AvgIpc) is 2.86. The fourth-order valence-corrected chi connectivity index (χ4v) is 4.48. The minimum atomic E-state index is -1.62. The monoisotopic (exact) mass is 462 g/mol. The van der Waals surface area contributed by atoms with Gasteiger partial charge in [-0.1, -0.05) is 68.9 Å². The van der Waals surface area contributed by atoms with Gasteiger partial charge in [-0.3, -0.25) is 9.59 Å². The summed E-state index contributed by atoms with van der Waals surface area (Å²) in [7, 11) is 1.47. The van der Waals surface area contributed by atoms with Crippen LogP contribution in [-0.4, -0.2) is 35.0 Å². The predicted molar refractivity (Wildman–Crippen MR) is 132 cm³/mol. The SMILES string of the molecule is CCCCCC[C@H]1CC#C[C@@H](c2ccccc2)c2cc(O)c(OC)cc2CCC(=O)[C@@H](O)C1=O. The zero-order valence-electron chi connectivity index (χ0n) is 20.0. The molecule has 0 saturated carbocycles. The third-order valence-electron chi connectivity index (χ3n) is 6.50. The van der Waals surface area contributed by atoms with Crippen molar-refractivity contribution in [2.24, 2.45) is 5.92 Å². The molecule has 180 valence electrons. The molecule has 0 aliphatic heterocycles. The number of ether oxygens (including phenoxy) is 1. The summed E-state index contributed by atoms with van der Waals surface area (Å²) < 4.78 is 5.28. The van der Waals surface area contributed by atoms with Crippen molar-refractivity contribution in [3.8, 4) is 23.3 Å². The lowest BCUT2D eigenvalue weighted by Gasteiger charge is -2.21. The minimum absolute atomic E-state index is 0.00594. The number of carbonyl (C=O) groups is 2. The number of fused-ring (bicyclic) bond motifs is 1. The van der Waals surface area contributed by atoms with Gasteiger partial charge < -0.3 is 14.9 Å². The van der Waals surface area contributed by atoms with E-state index in [2.05, 4.69) is 18.8 Å². The van der Waals surface area contributed by atoms with Gasteiger partial charge in [-0.05, 0) is 41.7 Å². The molecular weight excluding hydrogens is 428 g/mol. The summed E-state index contributed by atoms with van der Waals surface area (Å²) in [4.78, 5) is 25.7. The Hall–Kier alpha value is -3.10. The van der Waals surface area contributed by atoms with Crippen molar-refractivity contribution < 1.29 is 24.5 Å². The van der Waals surface area contributed by atoms with Crippen LogP contribution in [-0.2, 0) is 16.0 Å². The summed E-state index contributed by atoms with van der Waals surface area (Å²) in [5.41, 5.74) is 2.56. The van der Waals surface area contributed by atoms with E-state index in [4.69, 9.17) is 4.74 Å². The Bertz CT molecular complexity index is 1050. The zero-order chi connectivity index (χ0) is 24.5. The third kappa shape index (κ3) is 6.27. The number of unbranched alkanes of at least 4 members (excludes halogenated alkanes) is 3. The van der Waals surface area contributed by atoms with Crippen molar-refractivity contribution in [3.63, 3.8) is 0 Å². The molecule has 2 aromatic carbocycles. The summed E-state index contributed by atoms with van der Waals surface area (Å²) >= 11 is 0. The largest absolute Gasteiger partial charge is 0.504 e. The van der Waals surface area contributed by atoms with Gasteiger partial charge in [0.2, 0.25) is 0 Å². The molecule has 1 aliphatic carbocycles. The van der Waals surface area contributed by atoms with Crippen LogP contribution in [0.15, 0.2) is 42.5 Å². The van der Waals surface area contributed by atoms with E-state index in [0.29, 0.717) is 18.6 Å². The number of aromatic hydroxyl groups is 1. The highest BCUT2D eigenvalue weighted by Crippen LogP contribution is 2.36. The van der Waals surface area contributed by atoms with Crippen molar-refractivity contribution in [2.75, 3.05) is 7.11 Å². The number of phenols is 1. The highest BCUT2D eigenvalue weighted by molar-refractivity contribution is 6.06. The van der Waals surface area contributed by atoms with Crippen LogP contribution in [0.25, 0.3) is 0 Å². The Balaban J connectivity index is 2.05. The molecule has 3 rings (SSSR count). The first-order valence-electron chi connectivity index (χ1n) is 12.1. The van der Waals surface area contributed by atoms with E-state index < -0.39 is 23.6 Å². The van der Waals surface area contributed by atoms with Crippen molar-refractivity contribution in [1.82, 2.24) is 0 Å². The molecule has 0 unspecified atom stereocenters. The van der Waals surface area contributed by atoms with E-state index in [1.54, 1.807) is 12.1 Å². The first-order chi connectivity index (χ1) is 16.5. The van der Waals surface area contributed by atoms with Crippen molar-refractivity contribution >= 4 is 11.6 Å². The number of benzene rings is 2. The maximum Gasteiger partial charge on any atom is 0.172 e. The second-order valence-electron chi connectivity index (χ2n) is 8.91. The third-order valence-corrected chi connectivity index (χ3v) is 6.50. The molecule has 0 saturated heterocycles. The summed E-state index contributed by atoms with van der Waals surface area (Å²) in [6, 6.07) is 13.2. The van der Waals surface area contributed by atoms with Gasteiger partial charge in [-0.25, -0.2) is 0 Å². The van der Waals surface area contributed by atoms with Crippen LogP contribution in [0.3, 0.4) is 0 Å². The molecule has 5 heteroatoms. The van der Waals surface area contributed by atoms with Crippen LogP contribution in [0.2, 0.25) is 0 Å². The van der Waals surface area contributed by atoms with Crippen LogP contribution < -0.4 is 4.74 Å². The van der Waals surface area contributed by atoms with E-state index in [-0.39, 0.29) is 24.5 Å². The van der Waals surface area contributed by atoms with Gasteiger partial charge in [-0.15, -0.1) is 5.92 Å². The second kappa shape index (κ2) is 12.4. The molecule has 0 bridgehead atoms. The molecular formula is C29H34O5. The van der Waals surface area contributed by atoms with Gasteiger partial charge >= 0.3 is 0 Å². The quantitative estimate of drug-likeness (QED) is 0.345. The molecule has 0 fully saturated rings. The standard InChI is InChI=1S/C29H34O5/c1-3-4-5-7-13-21-14-10-15-23(20-11-8-6-9-12-20)24-19-26(31)27(34-2)18-22(24)16-17-25(30)29(33)28(21)32/h6,8-9,11-12,18-19,21,23,29,31,33H,3-5,7,13-14,16-17H2,1-2H3/t21-,23-,29+/m0/s1. The van der Waals surface area contributed by atoms with Crippen molar-refractivity contribution in [3.05, 3.63) is 59.2 Å². The number of aliphatic hydroxyl groups excluding tert-OH is 1. The van der Waals surface area contributed by atoms with Crippen LogP contribution >= 0.6 is 0 Å². The number of aryl methyl sites for hydroxylation is 1. The highest BCUT2D eigenvalue weighted by atomic mass is 16.5. The maximum absolute atomic E-state index is 13.0. The molecule has 0 spiro atoms. The summed E-state index contributed by atoms with van der Waals surface area (Å²) in [6.45, 7) is 2.13. The van der Waals surface area contributed by atoms with E-state index in [1.165, 1.54) is 7.11 Å². The smallest absolute Gasteiger partial charge is 0.172 e. The van der Waals surface area contributed by atoms with Crippen LogP contribution in [0.1, 0.15) is 74.5 Å². The lowest BCUT2D eigenvalue weighted by Crippen LogP contribution is -2.35. The number of Topliss-reactive ketones (excluding diaryl/α,β-unsaturated/α-hetero) is 2. The average molecular weight is 463 g/mol.